The molecule has 0 saturated heterocycles. The zero-order chi connectivity index (χ0) is 16.1. The molecule has 1 aromatic carbocycles. The van der Waals surface area contributed by atoms with Gasteiger partial charge in [-0.05, 0) is 24.4 Å². The molecule has 0 aliphatic rings. The predicted molar refractivity (Wildman–Crippen MR) is 84.1 cm³/mol. The number of nitrogens with zero attached hydrogens (tertiary/aromatic N) is 1. The molecule has 22 heavy (non-hydrogen) atoms. The Kier molecular flexibility index (Phi) is 5.27. The minimum Gasteiger partial charge on any atom is -0.340 e. The SMILES string of the molecule is CC(NC(=O)c1cccs1)C(=O)N(C)Cc1ccccc1F. The summed E-state index contributed by atoms with van der Waals surface area (Å²) in [5, 5.41) is 4.45. The quantitative estimate of drug-likeness (QED) is 0.921. The second kappa shape index (κ2) is 7.17. The molecular formula is C16H17FN2O2S. The lowest BCUT2D eigenvalue weighted by Gasteiger charge is -2.22. The van der Waals surface area contributed by atoms with Gasteiger partial charge in [0.05, 0.1) is 4.88 Å². The van der Waals surface area contributed by atoms with Gasteiger partial charge in [-0.15, -0.1) is 11.3 Å². The van der Waals surface area contributed by atoms with Crippen LogP contribution in [0.15, 0.2) is 41.8 Å². The van der Waals surface area contributed by atoms with Crippen molar-refractivity contribution in [3.8, 4) is 0 Å². The minimum atomic E-state index is -0.675. The Labute approximate surface area is 132 Å². The molecule has 1 atom stereocenters. The summed E-state index contributed by atoms with van der Waals surface area (Å²) in [5.74, 6) is -0.902. The first kappa shape index (κ1) is 16.2. The Morgan fingerprint density at radius 1 is 1.27 bits per heavy atom. The van der Waals surface area contributed by atoms with Crippen molar-refractivity contribution in [1.82, 2.24) is 10.2 Å². The van der Waals surface area contributed by atoms with E-state index in [0.29, 0.717) is 10.4 Å². The molecular weight excluding hydrogens is 303 g/mol. The summed E-state index contributed by atoms with van der Waals surface area (Å²) in [6.07, 6.45) is 0. The molecule has 2 aromatic rings. The van der Waals surface area contributed by atoms with Crippen molar-refractivity contribution in [3.63, 3.8) is 0 Å². The summed E-state index contributed by atoms with van der Waals surface area (Å²) in [7, 11) is 1.59. The van der Waals surface area contributed by atoms with E-state index in [1.807, 2.05) is 0 Å². The maximum absolute atomic E-state index is 13.6. The molecule has 2 rings (SSSR count). The molecule has 1 heterocycles. The van der Waals surface area contributed by atoms with E-state index in [4.69, 9.17) is 0 Å². The van der Waals surface area contributed by atoms with Crippen molar-refractivity contribution in [2.24, 2.45) is 0 Å². The van der Waals surface area contributed by atoms with Crippen molar-refractivity contribution < 1.29 is 14.0 Å². The summed E-state index contributed by atoms with van der Waals surface area (Å²) >= 11 is 1.31. The third-order valence-corrected chi connectivity index (χ3v) is 4.07. The Morgan fingerprint density at radius 2 is 2.00 bits per heavy atom. The number of thiophene rings is 1. The number of amides is 2. The third-order valence-electron chi connectivity index (χ3n) is 3.20. The van der Waals surface area contributed by atoms with Gasteiger partial charge in [-0.1, -0.05) is 24.3 Å². The molecule has 0 radical (unpaired) electrons. The molecule has 0 aliphatic carbocycles. The fraction of sp³-hybridized carbons (Fsp3) is 0.250. The lowest BCUT2D eigenvalue weighted by molar-refractivity contribution is -0.132. The molecule has 116 valence electrons. The van der Waals surface area contributed by atoms with Crippen LogP contribution in [0.2, 0.25) is 0 Å². The van der Waals surface area contributed by atoms with Crippen LogP contribution >= 0.6 is 11.3 Å². The number of carbonyl (C=O) groups excluding carboxylic acids is 2. The monoisotopic (exact) mass is 320 g/mol. The summed E-state index contributed by atoms with van der Waals surface area (Å²) in [6.45, 7) is 1.77. The number of hydrogen-bond donors (Lipinski definition) is 1. The average Bonchev–Trinajstić information content (AvgIpc) is 3.03. The van der Waals surface area contributed by atoms with Gasteiger partial charge in [-0.2, -0.15) is 0 Å². The predicted octanol–water partition coefficient (Wildman–Crippen LogP) is 2.66. The van der Waals surface area contributed by atoms with Crippen LogP contribution in [0.4, 0.5) is 4.39 Å². The van der Waals surface area contributed by atoms with Crippen LogP contribution < -0.4 is 5.32 Å². The fourth-order valence-electron chi connectivity index (χ4n) is 2.03. The smallest absolute Gasteiger partial charge is 0.261 e. The third kappa shape index (κ3) is 3.92. The van der Waals surface area contributed by atoms with E-state index in [0.717, 1.165) is 0 Å². The highest BCUT2D eigenvalue weighted by Gasteiger charge is 2.21. The summed E-state index contributed by atoms with van der Waals surface area (Å²) in [4.78, 5) is 26.1. The van der Waals surface area contributed by atoms with Gasteiger partial charge in [-0.25, -0.2) is 4.39 Å². The molecule has 0 saturated carbocycles. The topological polar surface area (TPSA) is 49.4 Å². The van der Waals surface area contributed by atoms with Gasteiger partial charge in [0.1, 0.15) is 11.9 Å². The highest BCUT2D eigenvalue weighted by molar-refractivity contribution is 7.12. The fourth-order valence-corrected chi connectivity index (χ4v) is 2.65. The van der Waals surface area contributed by atoms with Crippen LogP contribution in [0.3, 0.4) is 0 Å². The molecule has 0 aliphatic heterocycles. The first-order valence-corrected chi connectivity index (χ1v) is 7.69. The second-order valence-electron chi connectivity index (χ2n) is 4.96. The molecule has 6 heteroatoms. The van der Waals surface area contributed by atoms with Crippen LogP contribution in [0.25, 0.3) is 0 Å². The van der Waals surface area contributed by atoms with Gasteiger partial charge < -0.3 is 10.2 Å². The first-order chi connectivity index (χ1) is 10.5. The highest BCUT2D eigenvalue weighted by Crippen LogP contribution is 2.11. The molecule has 2 amide bonds. The van der Waals surface area contributed by atoms with Crippen LogP contribution in [-0.4, -0.2) is 29.8 Å². The van der Waals surface area contributed by atoms with Gasteiger partial charge in [-0.3, -0.25) is 9.59 Å². The molecule has 1 aromatic heterocycles. The lowest BCUT2D eigenvalue weighted by atomic mass is 10.2. The van der Waals surface area contributed by atoms with Gasteiger partial charge in [0.15, 0.2) is 0 Å². The zero-order valence-corrected chi connectivity index (χ0v) is 13.2. The van der Waals surface area contributed by atoms with Crippen LogP contribution in [-0.2, 0) is 11.3 Å². The average molecular weight is 320 g/mol. The van der Waals surface area contributed by atoms with E-state index in [1.54, 1.807) is 49.7 Å². The van der Waals surface area contributed by atoms with Gasteiger partial charge >= 0.3 is 0 Å². The van der Waals surface area contributed by atoms with Crippen molar-refractivity contribution >= 4 is 23.2 Å². The number of nitrogens with one attached hydrogen (secondary N) is 1. The number of benzene rings is 1. The van der Waals surface area contributed by atoms with Crippen LogP contribution in [0.5, 0.6) is 0 Å². The van der Waals surface area contributed by atoms with Crippen molar-refractivity contribution in [2.75, 3.05) is 7.05 Å². The van der Waals surface area contributed by atoms with Crippen LogP contribution in [0, 0.1) is 5.82 Å². The van der Waals surface area contributed by atoms with E-state index in [1.165, 1.54) is 22.3 Å². The highest BCUT2D eigenvalue weighted by atomic mass is 32.1. The summed E-state index contributed by atoms with van der Waals surface area (Å²) in [6, 6.07) is 9.11. The normalized spacial score (nSPS) is 11.8. The van der Waals surface area contributed by atoms with E-state index in [2.05, 4.69) is 5.32 Å². The Morgan fingerprint density at radius 3 is 2.64 bits per heavy atom. The van der Waals surface area contributed by atoms with E-state index >= 15 is 0 Å². The van der Waals surface area contributed by atoms with Gasteiger partial charge in [0.2, 0.25) is 5.91 Å². The van der Waals surface area contributed by atoms with E-state index in [9.17, 15) is 14.0 Å². The largest absolute Gasteiger partial charge is 0.340 e. The van der Waals surface area contributed by atoms with E-state index < -0.39 is 6.04 Å². The van der Waals surface area contributed by atoms with Gasteiger partial charge in [0.25, 0.3) is 5.91 Å². The number of halogens is 1. The lowest BCUT2D eigenvalue weighted by Crippen LogP contribution is -2.45. The van der Waals surface area contributed by atoms with Crippen molar-refractivity contribution in [1.29, 1.82) is 0 Å². The number of hydrogen-bond acceptors (Lipinski definition) is 3. The molecule has 1 N–H and O–H groups in total. The molecule has 1 unspecified atom stereocenters. The van der Waals surface area contributed by atoms with Gasteiger partial charge in [0, 0.05) is 19.2 Å². The number of carbonyl (C=O) groups is 2. The maximum Gasteiger partial charge on any atom is 0.261 e. The van der Waals surface area contributed by atoms with Crippen LogP contribution in [0.1, 0.15) is 22.2 Å². The van der Waals surface area contributed by atoms with Crippen molar-refractivity contribution in [3.05, 3.63) is 58.0 Å². The molecule has 4 nitrogen and oxygen atoms in total. The summed E-state index contributed by atoms with van der Waals surface area (Å²) < 4.78 is 13.6. The van der Waals surface area contributed by atoms with E-state index in [-0.39, 0.29) is 24.2 Å². The standard InChI is InChI=1S/C16H17FN2O2S/c1-11(18-15(20)14-8-5-9-22-14)16(21)19(2)10-12-6-3-4-7-13(12)17/h3-9,11H,10H2,1-2H3,(H,18,20). The number of likely N-dealkylation sites (N-methyl/N-ethyl adjacent to an activating group) is 1. The maximum atomic E-state index is 13.6. The molecule has 0 spiro atoms. The molecule has 0 bridgehead atoms. The molecule has 0 fully saturated rings. The minimum absolute atomic E-state index is 0.157. The Bertz CT molecular complexity index is 658. The Balaban J connectivity index is 1.95. The number of rotatable bonds is 5. The van der Waals surface area contributed by atoms with Crippen molar-refractivity contribution in [2.45, 2.75) is 19.5 Å². The second-order valence-corrected chi connectivity index (χ2v) is 5.91. The Hall–Kier alpha value is -2.21. The summed E-state index contributed by atoms with van der Waals surface area (Å²) in [5.41, 5.74) is 0.440. The zero-order valence-electron chi connectivity index (χ0n) is 12.4. The first-order valence-electron chi connectivity index (χ1n) is 6.82.